The zero-order chi connectivity index (χ0) is 17.7. The summed E-state index contributed by atoms with van der Waals surface area (Å²) < 4.78 is 4.63. The number of methoxy groups -OCH3 is 1. The molecule has 1 fully saturated rings. The Labute approximate surface area is 142 Å². The molecule has 2 heterocycles. The van der Waals surface area contributed by atoms with Crippen molar-refractivity contribution in [3.63, 3.8) is 0 Å². The van der Waals surface area contributed by atoms with Crippen LogP contribution >= 0.6 is 0 Å². The molecule has 0 radical (unpaired) electrons. The summed E-state index contributed by atoms with van der Waals surface area (Å²) in [4.78, 5) is 25.5. The number of aromatic nitrogens is 2. The maximum Gasteiger partial charge on any atom is 0.358 e. The van der Waals surface area contributed by atoms with E-state index < -0.39 is 5.97 Å². The van der Waals surface area contributed by atoms with E-state index in [-0.39, 0.29) is 17.0 Å². The number of ether oxygens (including phenoxy) is 1. The number of hydrogen-bond donors (Lipinski definition) is 1. The summed E-state index contributed by atoms with van der Waals surface area (Å²) in [5, 5.41) is 11.1. The number of nitrogens with zero attached hydrogens (tertiary/aromatic N) is 3. The van der Waals surface area contributed by atoms with Crippen molar-refractivity contribution in [2.75, 3.05) is 31.6 Å². The number of nitrogens with one attached hydrogen (secondary N) is 1. The first-order valence-corrected chi connectivity index (χ1v) is 8.26. The molecule has 1 aliphatic heterocycles. The summed E-state index contributed by atoms with van der Waals surface area (Å²) in [5.41, 5.74) is -0.170. The predicted octanol–water partition coefficient (Wildman–Crippen LogP) is 1.64. The third kappa shape index (κ3) is 4.66. The molecule has 0 aliphatic carbocycles. The minimum absolute atomic E-state index is 0.0712. The normalized spacial score (nSPS) is 18.2. The molecule has 0 saturated carbocycles. The Morgan fingerprint density at radius 2 is 2.08 bits per heavy atom. The number of amides is 1. The van der Waals surface area contributed by atoms with Crippen molar-refractivity contribution in [2.24, 2.45) is 11.3 Å². The Hall–Kier alpha value is -2.18. The zero-order valence-electron chi connectivity index (χ0n) is 14.8. The Balaban J connectivity index is 1.93. The quantitative estimate of drug-likeness (QED) is 0.843. The van der Waals surface area contributed by atoms with Gasteiger partial charge < -0.3 is 15.0 Å². The fourth-order valence-corrected chi connectivity index (χ4v) is 2.65. The second-order valence-electron chi connectivity index (χ2n) is 7.18. The maximum atomic E-state index is 12.0. The van der Waals surface area contributed by atoms with E-state index in [0.29, 0.717) is 12.5 Å². The monoisotopic (exact) mass is 334 g/mol. The summed E-state index contributed by atoms with van der Waals surface area (Å²) >= 11 is 0. The average molecular weight is 334 g/mol. The van der Waals surface area contributed by atoms with Gasteiger partial charge in [0.15, 0.2) is 11.5 Å². The van der Waals surface area contributed by atoms with Crippen molar-refractivity contribution < 1.29 is 14.3 Å². The highest BCUT2D eigenvalue weighted by Crippen LogP contribution is 2.21. The van der Waals surface area contributed by atoms with Crippen molar-refractivity contribution >= 4 is 17.7 Å². The van der Waals surface area contributed by atoms with Crippen molar-refractivity contribution in [3.05, 3.63) is 17.8 Å². The summed E-state index contributed by atoms with van der Waals surface area (Å²) in [7, 11) is 1.32. The fourth-order valence-electron chi connectivity index (χ4n) is 2.65. The van der Waals surface area contributed by atoms with Gasteiger partial charge in [0, 0.05) is 25.0 Å². The molecule has 1 atom stereocenters. The summed E-state index contributed by atoms with van der Waals surface area (Å²) in [6.45, 7) is 8.11. The molecule has 0 aromatic carbocycles. The number of carbonyl (C=O) groups excluding carboxylic acids is 2. The van der Waals surface area contributed by atoms with Gasteiger partial charge in [-0.3, -0.25) is 4.79 Å². The van der Waals surface area contributed by atoms with Crippen LogP contribution in [0, 0.1) is 11.3 Å². The van der Waals surface area contributed by atoms with E-state index in [9.17, 15) is 9.59 Å². The topological polar surface area (TPSA) is 84.4 Å². The molecule has 2 rings (SSSR count). The van der Waals surface area contributed by atoms with Gasteiger partial charge in [0.25, 0.3) is 0 Å². The first-order valence-electron chi connectivity index (χ1n) is 8.26. The van der Waals surface area contributed by atoms with Crippen LogP contribution in [0.2, 0.25) is 0 Å². The summed E-state index contributed by atoms with van der Waals surface area (Å²) in [6, 6.07) is 3.41. The molecule has 1 saturated heterocycles. The Bertz CT molecular complexity index is 580. The van der Waals surface area contributed by atoms with Crippen molar-refractivity contribution in [2.45, 2.75) is 33.6 Å². The van der Waals surface area contributed by atoms with Crippen LogP contribution < -0.4 is 10.2 Å². The fraction of sp³-hybridized carbons (Fsp3) is 0.647. The van der Waals surface area contributed by atoms with Gasteiger partial charge in [-0.25, -0.2) is 4.79 Å². The highest BCUT2D eigenvalue weighted by Gasteiger charge is 2.25. The smallest absolute Gasteiger partial charge is 0.358 e. The van der Waals surface area contributed by atoms with E-state index in [2.05, 4.69) is 25.2 Å². The molecule has 0 spiro atoms. The van der Waals surface area contributed by atoms with Crippen LogP contribution in [0.4, 0.5) is 5.82 Å². The lowest BCUT2D eigenvalue weighted by molar-refractivity contribution is -0.128. The SMILES string of the molecule is COC(=O)c1ccc(N2CCCC(CNC(=O)C(C)(C)C)C2)nn1. The second-order valence-corrected chi connectivity index (χ2v) is 7.18. The lowest BCUT2D eigenvalue weighted by atomic mass is 9.94. The molecular weight excluding hydrogens is 308 g/mol. The maximum absolute atomic E-state index is 12.0. The van der Waals surface area contributed by atoms with E-state index in [4.69, 9.17) is 0 Å². The van der Waals surface area contributed by atoms with Gasteiger partial charge in [0.2, 0.25) is 5.91 Å². The lowest BCUT2D eigenvalue weighted by Crippen LogP contribution is -2.43. The molecule has 24 heavy (non-hydrogen) atoms. The van der Waals surface area contributed by atoms with Gasteiger partial charge in [-0.05, 0) is 30.9 Å². The molecule has 0 bridgehead atoms. The number of anilines is 1. The van der Waals surface area contributed by atoms with Gasteiger partial charge in [-0.2, -0.15) is 0 Å². The van der Waals surface area contributed by atoms with E-state index >= 15 is 0 Å². The van der Waals surface area contributed by atoms with Crippen LogP contribution in [0.1, 0.15) is 44.1 Å². The standard InChI is InChI=1S/C17H26N4O3/c1-17(2,3)16(23)18-10-12-6-5-9-21(11-12)14-8-7-13(19-20-14)15(22)24-4/h7-8,12H,5-6,9-11H2,1-4H3,(H,18,23). The van der Waals surface area contributed by atoms with Crippen LogP contribution in [-0.2, 0) is 9.53 Å². The molecular formula is C17H26N4O3. The average Bonchev–Trinajstić information content (AvgIpc) is 2.58. The van der Waals surface area contributed by atoms with E-state index in [1.807, 2.05) is 20.8 Å². The van der Waals surface area contributed by atoms with Crippen LogP contribution in [0.5, 0.6) is 0 Å². The molecule has 1 unspecified atom stereocenters. The number of hydrogen-bond acceptors (Lipinski definition) is 6. The second kappa shape index (κ2) is 7.59. The Kier molecular flexibility index (Phi) is 5.75. The van der Waals surface area contributed by atoms with E-state index in [0.717, 1.165) is 31.7 Å². The largest absolute Gasteiger partial charge is 0.464 e. The molecule has 1 aromatic rings. The van der Waals surface area contributed by atoms with Gasteiger partial charge >= 0.3 is 5.97 Å². The first kappa shape index (κ1) is 18.2. The number of esters is 1. The van der Waals surface area contributed by atoms with Crippen molar-refractivity contribution in [1.29, 1.82) is 0 Å². The van der Waals surface area contributed by atoms with E-state index in [1.54, 1.807) is 12.1 Å². The molecule has 7 heteroatoms. The minimum atomic E-state index is -0.490. The van der Waals surface area contributed by atoms with Crippen molar-refractivity contribution in [3.8, 4) is 0 Å². The molecule has 1 aliphatic rings. The van der Waals surface area contributed by atoms with Gasteiger partial charge in [0.1, 0.15) is 0 Å². The predicted molar refractivity (Wildman–Crippen MR) is 90.8 cm³/mol. The zero-order valence-corrected chi connectivity index (χ0v) is 14.8. The van der Waals surface area contributed by atoms with Crippen LogP contribution in [0.25, 0.3) is 0 Å². The Morgan fingerprint density at radius 3 is 2.67 bits per heavy atom. The highest BCUT2D eigenvalue weighted by atomic mass is 16.5. The lowest BCUT2D eigenvalue weighted by Gasteiger charge is -2.33. The van der Waals surface area contributed by atoms with Gasteiger partial charge in [-0.15, -0.1) is 10.2 Å². The molecule has 1 aromatic heterocycles. The van der Waals surface area contributed by atoms with Gasteiger partial charge in [-0.1, -0.05) is 20.8 Å². The number of piperidine rings is 1. The summed E-state index contributed by atoms with van der Waals surface area (Å²) in [6.07, 6.45) is 2.12. The molecule has 7 nitrogen and oxygen atoms in total. The van der Waals surface area contributed by atoms with Crippen molar-refractivity contribution in [1.82, 2.24) is 15.5 Å². The van der Waals surface area contributed by atoms with Crippen LogP contribution in [-0.4, -0.2) is 48.8 Å². The Morgan fingerprint density at radius 1 is 1.33 bits per heavy atom. The molecule has 1 N–H and O–H groups in total. The summed E-state index contributed by atoms with van der Waals surface area (Å²) in [5.74, 6) is 0.707. The first-order chi connectivity index (χ1) is 11.3. The number of carbonyl (C=O) groups is 2. The van der Waals surface area contributed by atoms with Gasteiger partial charge in [0.05, 0.1) is 7.11 Å². The van der Waals surface area contributed by atoms with Crippen LogP contribution in [0.15, 0.2) is 12.1 Å². The highest BCUT2D eigenvalue weighted by molar-refractivity contribution is 5.87. The molecule has 1 amide bonds. The third-order valence-electron chi connectivity index (χ3n) is 4.12. The van der Waals surface area contributed by atoms with E-state index in [1.165, 1.54) is 7.11 Å². The van der Waals surface area contributed by atoms with Crippen LogP contribution in [0.3, 0.4) is 0 Å². The third-order valence-corrected chi connectivity index (χ3v) is 4.12. The number of rotatable bonds is 4. The minimum Gasteiger partial charge on any atom is -0.464 e. The molecule has 132 valence electrons.